The lowest BCUT2D eigenvalue weighted by Gasteiger charge is -2.18. The molecule has 0 saturated carbocycles. The lowest BCUT2D eigenvalue weighted by Crippen LogP contribution is -2.29. The van der Waals surface area contributed by atoms with Crippen molar-refractivity contribution in [1.82, 2.24) is 20.1 Å². The summed E-state index contributed by atoms with van der Waals surface area (Å²) in [5.41, 5.74) is 2.65. The summed E-state index contributed by atoms with van der Waals surface area (Å²) in [6.45, 7) is 2.06. The summed E-state index contributed by atoms with van der Waals surface area (Å²) in [4.78, 5) is 27.8. The number of nitrogens with zero attached hydrogens (tertiary/aromatic N) is 3. The Balaban J connectivity index is 1.60. The summed E-state index contributed by atoms with van der Waals surface area (Å²) < 4.78 is 1.73. The number of carbonyl (C=O) groups excluding carboxylic acids is 2. The summed E-state index contributed by atoms with van der Waals surface area (Å²) in [5, 5.41) is 9.78. The van der Waals surface area contributed by atoms with E-state index in [0.29, 0.717) is 12.2 Å². The molecule has 3 rings (SSSR count). The van der Waals surface area contributed by atoms with Gasteiger partial charge in [0, 0.05) is 12.6 Å². The quantitative estimate of drug-likeness (QED) is 0.675. The summed E-state index contributed by atoms with van der Waals surface area (Å²) in [6, 6.07) is 16.6. The Morgan fingerprint density at radius 2 is 1.81 bits per heavy atom. The fraction of sp³-hybridized carbons (Fsp3) is 0.200. The molecule has 0 aliphatic rings. The van der Waals surface area contributed by atoms with Gasteiger partial charge in [0.15, 0.2) is 0 Å². The smallest absolute Gasteiger partial charge is 0.226 e. The number of rotatable bonds is 7. The van der Waals surface area contributed by atoms with Gasteiger partial charge in [0.25, 0.3) is 0 Å². The van der Waals surface area contributed by atoms with Crippen LogP contribution < -0.4 is 10.6 Å². The van der Waals surface area contributed by atoms with Gasteiger partial charge < -0.3 is 10.6 Å². The Kier molecular flexibility index (Phi) is 5.94. The van der Waals surface area contributed by atoms with Gasteiger partial charge in [-0.3, -0.25) is 9.59 Å². The van der Waals surface area contributed by atoms with Crippen LogP contribution in [0.25, 0.3) is 0 Å². The number of amides is 2. The van der Waals surface area contributed by atoms with Gasteiger partial charge in [-0.15, -0.1) is 0 Å². The van der Waals surface area contributed by atoms with Crippen LogP contribution in [0.15, 0.2) is 67.3 Å². The molecule has 1 atom stereocenters. The molecule has 0 spiro atoms. The van der Waals surface area contributed by atoms with Crippen molar-refractivity contribution < 1.29 is 9.59 Å². The predicted molar refractivity (Wildman–Crippen MR) is 102 cm³/mol. The van der Waals surface area contributed by atoms with Gasteiger partial charge in [0.2, 0.25) is 11.8 Å². The first-order valence-corrected chi connectivity index (χ1v) is 8.63. The number of hydrogen-bond donors (Lipinski definition) is 2. The first kappa shape index (κ1) is 18.3. The van der Waals surface area contributed by atoms with Gasteiger partial charge in [-0.2, -0.15) is 5.10 Å². The third-order valence-corrected chi connectivity index (χ3v) is 4.02. The van der Waals surface area contributed by atoms with E-state index in [1.807, 2.05) is 54.6 Å². The summed E-state index contributed by atoms with van der Waals surface area (Å²) in [5.74, 6) is -0.337. The highest BCUT2D eigenvalue weighted by Crippen LogP contribution is 2.18. The molecule has 0 fully saturated rings. The minimum absolute atomic E-state index is 0.157. The fourth-order valence-electron chi connectivity index (χ4n) is 2.78. The lowest BCUT2D eigenvalue weighted by atomic mass is 10.0. The number of anilines is 1. The maximum Gasteiger partial charge on any atom is 0.226 e. The van der Waals surface area contributed by atoms with Crippen LogP contribution in [0, 0.1) is 0 Å². The second-order valence-corrected chi connectivity index (χ2v) is 6.21. The molecule has 1 aromatic heterocycles. The Morgan fingerprint density at radius 3 is 2.44 bits per heavy atom. The zero-order chi connectivity index (χ0) is 19.1. The molecule has 1 heterocycles. The van der Waals surface area contributed by atoms with E-state index >= 15 is 0 Å². The molecule has 0 saturated heterocycles. The van der Waals surface area contributed by atoms with E-state index in [9.17, 15) is 9.59 Å². The Hall–Kier alpha value is -3.48. The average molecular weight is 363 g/mol. The largest absolute Gasteiger partial charge is 0.349 e. The van der Waals surface area contributed by atoms with Crippen LogP contribution in [0.5, 0.6) is 0 Å². The van der Waals surface area contributed by atoms with Crippen LogP contribution >= 0.6 is 0 Å². The highest BCUT2D eigenvalue weighted by Gasteiger charge is 2.17. The fourth-order valence-corrected chi connectivity index (χ4v) is 2.78. The molecular formula is C20H21N5O2. The van der Waals surface area contributed by atoms with Gasteiger partial charge in [-0.05, 0) is 23.3 Å². The molecule has 27 heavy (non-hydrogen) atoms. The van der Waals surface area contributed by atoms with E-state index < -0.39 is 0 Å². The van der Waals surface area contributed by atoms with Crippen LogP contribution in [0.1, 0.15) is 30.5 Å². The minimum Gasteiger partial charge on any atom is -0.349 e. The Labute approximate surface area is 157 Å². The van der Waals surface area contributed by atoms with E-state index in [0.717, 1.165) is 11.1 Å². The monoisotopic (exact) mass is 363 g/mol. The van der Waals surface area contributed by atoms with E-state index in [-0.39, 0.29) is 24.3 Å². The molecule has 0 aliphatic heterocycles. The normalized spacial score (nSPS) is 11.6. The van der Waals surface area contributed by atoms with Gasteiger partial charge >= 0.3 is 0 Å². The number of aromatic nitrogens is 3. The molecule has 7 nitrogen and oxygen atoms in total. The van der Waals surface area contributed by atoms with E-state index in [1.165, 1.54) is 13.3 Å². The summed E-state index contributed by atoms with van der Waals surface area (Å²) in [6.07, 6.45) is 3.30. The molecule has 2 aromatic carbocycles. The number of hydrogen-bond acceptors (Lipinski definition) is 4. The standard InChI is InChI=1S/C20H21N5O2/c1-15(26)23-19(17-5-3-2-4-6-17)11-20(27)24-18-9-7-16(8-10-18)12-25-14-21-13-22-25/h2-10,13-14,19H,11-12H2,1H3,(H,23,26)(H,24,27). The molecule has 3 aromatic rings. The minimum atomic E-state index is -0.365. The van der Waals surface area contributed by atoms with Crippen molar-refractivity contribution in [1.29, 1.82) is 0 Å². The topological polar surface area (TPSA) is 88.9 Å². The molecule has 2 amide bonds. The number of carbonyl (C=O) groups is 2. The van der Waals surface area contributed by atoms with Crippen molar-refractivity contribution in [3.63, 3.8) is 0 Å². The Bertz CT molecular complexity index is 877. The number of nitrogens with one attached hydrogen (secondary N) is 2. The maximum absolute atomic E-state index is 12.4. The maximum atomic E-state index is 12.4. The third kappa shape index (κ3) is 5.50. The van der Waals surface area contributed by atoms with Crippen LogP contribution in [0.2, 0.25) is 0 Å². The van der Waals surface area contributed by atoms with Gasteiger partial charge in [0.1, 0.15) is 12.7 Å². The van der Waals surface area contributed by atoms with Crippen molar-refractivity contribution >= 4 is 17.5 Å². The van der Waals surface area contributed by atoms with E-state index in [1.54, 1.807) is 11.0 Å². The van der Waals surface area contributed by atoms with Crippen LogP contribution in [0.4, 0.5) is 5.69 Å². The molecule has 138 valence electrons. The second-order valence-electron chi connectivity index (χ2n) is 6.21. The van der Waals surface area contributed by atoms with Crippen molar-refractivity contribution in [2.45, 2.75) is 25.9 Å². The van der Waals surface area contributed by atoms with Crippen molar-refractivity contribution in [2.24, 2.45) is 0 Å². The van der Waals surface area contributed by atoms with Gasteiger partial charge in [-0.25, -0.2) is 9.67 Å². The van der Waals surface area contributed by atoms with Crippen molar-refractivity contribution in [2.75, 3.05) is 5.32 Å². The third-order valence-electron chi connectivity index (χ3n) is 4.02. The molecule has 0 radical (unpaired) electrons. The zero-order valence-corrected chi connectivity index (χ0v) is 15.0. The van der Waals surface area contributed by atoms with Crippen LogP contribution in [-0.2, 0) is 16.1 Å². The highest BCUT2D eigenvalue weighted by molar-refractivity contribution is 5.91. The molecule has 1 unspecified atom stereocenters. The molecule has 2 N–H and O–H groups in total. The van der Waals surface area contributed by atoms with Gasteiger partial charge in [0.05, 0.1) is 19.0 Å². The summed E-state index contributed by atoms with van der Waals surface area (Å²) in [7, 11) is 0. The van der Waals surface area contributed by atoms with Crippen LogP contribution in [0.3, 0.4) is 0 Å². The molecule has 0 aliphatic carbocycles. The van der Waals surface area contributed by atoms with Gasteiger partial charge in [-0.1, -0.05) is 42.5 Å². The van der Waals surface area contributed by atoms with Crippen molar-refractivity contribution in [3.8, 4) is 0 Å². The highest BCUT2D eigenvalue weighted by atomic mass is 16.2. The second kappa shape index (κ2) is 8.75. The van der Waals surface area contributed by atoms with Crippen molar-refractivity contribution in [3.05, 3.63) is 78.4 Å². The first-order chi connectivity index (χ1) is 13.1. The summed E-state index contributed by atoms with van der Waals surface area (Å²) >= 11 is 0. The Morgan fingerprint density at radius 1 is 1.07 bits per heavy atom. The molecular weight excluding hydrogens is 342 g/mol. The first-order valence-electron chi connectivity index (χ1n) is 8.63. The predicted octanol–water partition coefficient (Wildman–Crippen LogP) is 2.53. The lowest BCUT2D eigenvalue weighted by molar-refractivity contribution is -0.120. The molecule has 7 heteroatoms. The van der Waals surface area contributed by atoms with Crippen LogP contribution in [-0.4, -0.2) is 26.6 Å². The number of benzene rings is 2. The average Bonchev–Trinajstić information content (AvgIpc) is 3.16. The van der Waals surface area contributed by atoms with E-state index in [2.05, 4.69) is 20.7 Å². The SMILES string of the molecule is CC(=O)NC(CC(=O)Nc1ccc(Cn2cncn2)cc1)c1ccccc1. The molecule has 0 bridgehead atoms. The van der Waals surface area contributed by atoms with E-state index in [4.69, 9.17) is 0 Å². The zero-order valence-electron chi connectivity index (χ0n) is 15.0.